The van der Waals surface area contributed by atoms with Gasteiger partial charge in [0.15, 0.2) is 0 Å². The Labute approximate surface area is 122 Å². The van der Waals surface area contributed by atoms with Crippen LogP contribution in [-0.2, 0) is 0 Å². The molecular weight excluding hydrogens is 306 g/mol. The van der Waals surface area contributed by atoms with Crippen LogP contribution >= 0.6 is 15.9 Å². The van der Waals surface area contributed by atoms with Crippen LogP contribution in [0, 0.1) is 11.8 Å². The van der Waals surface area contributed by atoms with Crippen LogP contribution in [0.2, 0.25) is 0 Å². The first kappa shape index (κ1) is 14.4. The third-order valence-corrected chi connectivity index (χ3v) is 4.73. The Morgan fingerprint density at radius 1 is 1.32 bits per heavy atom. The van der Waals surface area contributed by atoms with E-state index >= 15 is 0 Å². The minimum atomic E-state index is -0.102. The maximum atomic E-state index is 12.0. The number of halogens is 1. The Bertz CT molecular complexity index is 436. The average molecular weight is 326 g/mol. The van der Waals surface area contributed by atoms with Gasteiger partial charge in [-0.1, -0.05) is 34.8 Å². The lowest BCUT2D eigenvalue weighted by Crippen LogP contribution is -2.34. The van der Waals surface area contributed by atoms with Crippen molar-refractivity contribution >= 4 is 21.8 Å². The highest BCUT2D eigenvalue weighted by Gasteiger charge is 2.24. The van der Waals surface area contributed by atoms with Crippen molar-refractivity contribution in [3.63, 3.8) is 0 Å². The fourth-order valence-electron chi connectivity index (χ4n) is 2.73. The van der Waals surface area contributed by atoms with Crippen molar-refractivity contribution in [3.05, 3.63) is 29.8 Å². The number of phenolic OH excluding ortho intramolecular Hbond substituents is 1. The summed E-state index contributed by atoms with van der Waals surface area (Å²) in [5, 5.41) is 13.4. The van der Waals surface area contributed by atoms with Crippen LogP contribution in [0.5, 0.6) is 5.75 Å². The zero-order chi connectivity index (χ0) is 13.7. The SMILES string of the molecule is O=C(NCC1CCCCC1CBr)c1cccc(O)c1. The van der Waals surface area contributed by atoms with Crippen molar-refractivity contribution in [1.29, 1.82) is 0 Å². The van der Waals surface area contributed by atoms with Gasteiger partial charge in [-0.2, -0.15) is 0 Å². The fourth-order valence-corrected chi connectivity index (χ4v) is 3.58. The molecule has 3 nitrogen and oxygen atoms in total. The molecule has 0 saturated heterocycles. The summed E-state index contributed by atoms with van der Waals surface area (Å²) in [4.78, 5) is 12.0. The van der Waals surface area contributed by atoms with Gasteiger partial charge in [0.25, 0.3) is 5.91 Å². The molecule has 19 heavy (non-hydrogen) atoms. The molecule has 1 fully saturated rings. The molecule has 2 atom stereocenters. The lowest BCUT2D eigenvalue weighted by Gasteiger charge is -2.30. The van der Waals surface area contributed by atoms with Crippen LogP contribution in [0.25, 0.3) is 0 Å². The van der Waals surface area contributed by atoms with E-state index in [-0.39, 0.29) is 11.7 Å². The Hall–Kier alpha value is -1.03. The summed E-state index contributed by atoms with van der Waals surface area (Å²) in [6.45, 7) is 0.727. The van der Waals surface area contributed by atoms with Gasteiger partial charge in [0.05, 0.1) is 0 Å². The van der Waals surface area contributed by atoms with Crippen LogP contribution in [0.1, 0.15) is 36.0 Å². The third-order valence-electron chi connectivity index (χ3n) is 3.90. The summed E-state index contributed by atoms with van der Waals surface area (Å²) in [6.07, 6.45) is 5.00. The van der Waals surface area contributed by atoms with E-state index in [0.717, 1.165) is 11.9 Å². The number of amides is 1. The molecule has 1 saturated carbocycles. The monoisotopic (exact) mass is 325 g/mol. The van der Waals surface area contributed by atoms with Gasteiger partial charge in [0.2, 0.25) is 0 Å². The van der Waals surface area contributed by atoms with E-state index in [1.165, 1.54) is 31.7 Å². The molecule has 1 aromatic carbocycles. The molecule has 0 radical (unpaired) electrons. The van der Waals surface area contributed by atoms with E-state index in [1.807, 2.05) is 0 Å². The number of rotatable bonds is 4. The Morgan fingerprint density at radius 3 is 2.74 bits per heavy atom. The highest BCUT2D eigenvalue weighted by molar-refractivity contribution is 9.09. The Balaban J connectivity index is 1.89. The second-order valence-electron chi connectivity index (χ2n) is 5.22. The second kappa shape index (κ2) is 6.94. The Kier molecular flexibility index (Phi) is 5.25. The minimum Gasteiger partial charge on any atom is -0.508 e. The zero-order valence-electron chi connectivity index (χ0n) is 10.9. The minimum absolute atomic E-state index is 0.102. The number of benzene rings is 1. The van der Waals surface area contributed by atoms with E-state index in [1.54, 1.807) is 18.2 Å². The highest BCUT2D eigenvalue weighted by Crippen LogP contribution is 2.30. The summed E-state index contributed by atoms with van der Waals surface area (Å²) >= 11 is 3.57. The molecule has 104 valence electrons. The predicted octanol–water partition coefficient (Wildman–Crippen LogP) is 3.32. The van der Waals surface area contributed by atoms with Crippen LogP contribution in [-0.4, -0.2) is 22.9 Å². The summed E-state index contributed by atoms with van der Waals surface area (Å²) < 4.78 is 0. The summed E-state index contributed by atoms with van der Waals surface area (Å²) in [6, 6.07) is 6.47. The van der Waals surface area contributed by atoms with Gasteiger partial charge in [-0.25, -0.2) is 0 Å². The number of alkyl halides is 1. The molecule has 2 unspecified atom stereocenters. The predicted molar refractivity (Wildman–Crippen MR) is 79.7 cm³/mol. The molecule has 0 heterocycles. The first-order valence-corrected chi connectivity index (χ1v) is 7.96. The molecule has 2 rings (SSSR count). The summed E-state index contributed by atoms with van der Waals surface area (Å²) in [7, 11) is 0. The molecule has 0 aliphatic heterocycles. The van der Waals surface area contributed by atoms with Crippen LogP contribution in [0.3, 0.4) is 0 Å². The molecule has 0 aromatic heterocycles. The standard InChI is InChI=1S/C15H20BrNO2/c16-9-12-4-1-2-5-13(12)10-17-15(19)11-6-3-7-14(18)8-11/h3,6-8,12-13,18H,1-2,4-5,9-10H2,(H,17,19). The first-order valence-electron chi connectivity index (χ1n) is 6.84. The Morgan fingerprint density at radius 2 is 2.05 bits per heavy atom. The van der Waals surface area contributed by atoms with Gasteiger partial charge in [0, 0.05) is 17.4 Å². The lowest BCUT2D eigenvalue weighted by atomic mass is 9.80. The van der Waals surface area contributed by atoms with Gasteiger partial charge in [-0.05, 0) is 42.9 Å². The third kappa shape index (κ3) is 3.96. The molecule has 1 amide bonds. The van der Waals surface area contributed by atoms with Crippen LogP contribution in [0.15, 0.2) is 24.3 Å². The van der Waals surface area contributed by atoms with E-state index < -0.39 is 0 Å². The fraction of sp³-hybridized carbons (Fsp3) is 0.533. The number of carbonyl (C=O) groups excluding carboxylic acids is 1. The molecular formula is C15H20BrNO2. The van der Waals surface area contributed by atoms with E-state index in [2.05, 4.69) is 21.2 Å². The normalized spacial score (nSPS) is 23.0. The van der Waals surface area contributed by atoms with Crippen molar-refractivity contribution in [3.8, 4) is 5.75 Å². The van der Waals surface area contributed by atoms with Gasteiger partial charge in [0.1, 0.15) is 5.75 Å². The summed E-state index contributed by atoms with van der Waals surface area (Å²) in [5.74, 6) is 1.26. The van der Waals surface area contributed by atoms with Crippen molar-refractivity contribution in [2.24, 2.45) is 11.8 Å². The molecule has 4 heteroatoms. The molecule has 2 N–H and O–H groups in total. The van der Waals surface area contributed by atoms with Gasteiger partial charge >= 0.3 is 0 Å². The van der Waals surface area contributed by atoms with Crippen molar-refractivity contribution < 1.29 is 9.90 Å². The smallest absolute Gasteiger partial charge is 0.251 e. The van der Waals surface area contributed by atoms with Crippen molar-refractivity contribution in [1.82, 2.24) is 5.32 Å². The number of hydrogen-bond donors (Lipinski definition) is 2. The first-order chi connectivity index (χ1) is 9.20. The van der Waals surface area contributed by atoms with E-state index in [0.29, 0.717) is 17.4 Å². The molecule has 1 aliphatic carbocycles. The van der Waals surface area contributed by atoms with Gasteiger partial charge in [-0.15, -0.1) is 0 Å². The highest BCUT2D eigenvalue weighted by atomic mass is 79.9. The number of aromatic hydroxyl groups is 1. The topological polar surface area (TPSA) is 49.3 Å². The largest absolute Gasteiger partial charge is 0.508 e. The second-order valence-corrected chi connectivity index (χ2v) is 5.87. The van der Waals surface area contributed by atoms with Crippen LogP contribution in [0.4, 0.5) is 0 Å². The van der Waals surface area contributed by atoms with Crippen molar-refractivity contribution in [2.45, 2.75) is 25.7 Å². The molecule has 0 bridgehead atoms. The lowest BCUT2D eigenvalue weighted by molar-refractivity contribution is 0.0936. The number of nitrogens with one attached hydrogen (secondary N) is 1. The van der Waals surface area contributed by atoms with Gasteiger partial charge < -0.3 is 10.4 Å². The molecule has 1 aliphatic rings. The van der Waals surface area contributed by atoms with Gasteiger partial charge in [-0.3, -0.25) is 4.79 Å². The molecule has 0 spiro atoms. The van der Waals surface area contributed by atoms with E-state index in [4.69, 9.17) is 0 Å². The summed E-state index contributed by atoms with van der Waals surface area (Å²) in [5.41, 5.74) is 0.520. The zero-order valence-corrected chi connectivity index (χ0v) is 12.5. The average Bonchev–Trinajstić information content (AvgIpc) is 2.45. The van der Waals surface area contributed by atoms with Crippen molar-refractivity contribution in [2.75, 3.05) is 11.9 Å². The number of phenols is 1. The number of hydrogen-bond acceptors (Lipinski definition) is 2. The number of carbonyl (C=O) groups is 1. The maximum Gasteiger partial charge on any atom is 0.251 e. The molecule has 1 aromatic rings. The van der Waals surface area contributed by atoms with Crippen LogP contribution < -0.4 is 5.32 Å². The van der Waals surface area contributed by atoms with E-state index in [9.17, 15) is 9.90 Å². The quantitative estimate of drug-likeness (QED) is 0.834. The maximum absolute atomic E-state index is 12.0.